The van der Waals surface area contributed by atoms with Crippen molar-refractivity contribution < 1.29 is 19.1 Å². The van der Waals surface area contributed by atoms with Crippen LogP contribution in [-0.4, -0.2) is 25.9 Å². The Bertz CT molecular complexity index is 414. The molecule has 0 saturated carbocycles. The van der Waals surface area contributed by atoms with Crippen molar-refractivity contribution in [3.8, 4) is 11.5 Å². The van der Waals surface area contributed by atoms with Crippen molar-refractivity contribution in [2.24, 2.45) is 0 Å². The van der Waals surface area contributed by atoms with E-state index >= 15 is 0 Å². The molecule has 0 aliphatic carbocycles. The first kappa shape index (κ1) is 12.0. The summed E-state index contributed by atoms with van der Waals surface area (Å²) in [6.45, 7) is 1.20. The minimum atomic E-state index is -0.660. The molecule has 0 bridgehead atoms. The highest BCUT2D eigenvalue weighted by Gasteiger charge is 2.10. The zero-order valence-electron chi connectivity index (χ0n) is 9.37. The molecule has 1 aromatic rings. The summed E-state index contributed by atoms with van der Waals surface area (Å²) in [6, 6.07) is 4.86. The van der Waals surface area contributed by atoms with Gasteiger partial charge in [0.05, 0.1) is 14.2 Å². The number of ether oxygens (including phenoxy) is 2. The molecule has 0 spiro atoms. The summed E-state index contributed by atoms with van der Waals surface area (Å²) in [5, 5.41) is 2.44. The first-order chi connectivity index (χ1) is 7.58. The summed E-state index contributed by atoms with van der Waals surface area (Å²) in [7, 11) is 3.01. The standard InChI is InChI=1S/C11H13NO4/c1-7(13)11(14)12-8-4-5-9(15-2)10(6-8)16-3/h4-6H,1-3H3,(H,12,14). The second kappa shape index (κ2) is 5.16. The van der Waals surface area contributed by atoms with Crippen molar-refractivity contribution >= 4 is 17.4 Å². The quantitative estimate of drug-likeness (QED) is 0.780. The molecular formula is C11H13NO4. The SMILES string of the molecule is COc1ccc(NC(=O)C(C)=O)cc1OC. The number of rotatable bonds is 4. The number of methoxy groups -OCH3 is 2. The van der Waals surface area contributed by atoms with Gasteiger partial charge in [-0.1, -0.05) is 0 Å². The second-order valence-electron chi connectivity index (χ2n) is 3.08. The number of carbonyl (C=O) groups excluding carboxylic acids is 2. The van der Waals surface area contributed by atoms with Crippen molar-refractivity contribution in [3.63, 3.8) is 0 Å². The molecule has 1 aromatic carbocycles. The fourth-order valence-corrected chi connectivity index (χ4v) is 1.13. The number of benzene rings is 1. The van der Waals surface area contributed by atoms with Gasteiger partial charge in [0.2, 0.25) is 5.78 Å². The number of hydrogen-bond donors (Lipinski definition) is 1. The highest BCUT2D eigenvalue weighted by molar-refractivity contribution is 6.39. The van der Waals surface area contributed by atoms with Gasteiger partial charge in [0, 0.05) is 18.7 Å². The summed E-state index contributed by atoms with van der Waals surface area (Å²) in [6.07, 6.45) is 0. The molecule has 5 heteroatoms. The van der Waals surface area contributed by atoms with Gasteiger partial charge in [0.15, 0.2) is 11.5 Å². The van der Waals surface area contributed by atoms with Crippen LogP contribution in [-0.2, 0) is 9.59 Å². The lowest BCUT2D eigenvalue weighted by atomic mass is 10.2. The van der Waals surface area contributed by atoms with Crippen molar-refractivity contribution in [3.05, 3.63) is 18.2 Å². The first-order valence-corrected chi connectivity index (χ1v) is 4.62. The maximum Gasteiger partial charge on any atom is 0.291 e. The summed E-state index contributed by atoms with van der Waals surface area (Å²) < 4.78 is 10.1. The molecular weight excluding hydrogens is 210 g/mol. The molecule has 0 atom stereocenters. The van der Waals surface area contributed by atoms with Crippen LogP contribution >= 0.6 is 0 Å². The van der Waals surface area contributed by atoms with Crippen molar-refractivity contribution in [1.82, 2.24) is 0 Å². The van der Waals surface area contributed by atoms with Crippen LogP contribution in [0.5, 0.6) is 11.5 Å². The number of nitrogens with one attached hydrogen (secondary N) is 1. The minimum absolute atomic E-state index is 0.484. The molecule has 0 radical (unpaired) electrons. The van der Waals surface area contributed by atoms with E-state index in [4.69, 9.17) is 9.47 Å². The molecule has 1 N–H and O–H groups in total. The minimum Gasteiger partial charge on any atom is -0.493 e. The van der Waals surface area contributed by atoms with Gasteiger partial charge in [0.25, 0.3) is 5.91 Å². The molecule has 1 amide bonds. The van der Waals surface area contributed by atoms with Gasteiger partial charge in [-0.3, -0.25) is 9.59 Å². The summed E-state index contributed by atoms with van der Waals surface area (Å²) in [5.74, 6) is -0.158. The Morgan fingerprint density at radius 1 is 1.12 bits per heavy atom. The smallest absolute Gasteiger partial charge is 0.291 e. The van der Waals surface area contributed by atoms with Crippen LogP contribution in [0.1, 0.15) is 6.92 Å². The van der Waals surface area contributed by atoms with Crippen molar-refractivity contribution in [1.29, 1.82) is 0 Å². The predicted octanol–water partition coefficient (Wildman–Crippen LogP) is 1.23. The second-order valence-corrected chi connectivity index (χ2v) is 3.08. The van der Waals surface area contributed by atoms with E-state index in [1.54, 1.807) is 18.2 Å². The average molecular weight is 223 g/mol. The molecule has 1 rings (SSSR count). The number of ketones is 1. The maximum atomic E-state index is 11.1. The van der Waals surface area contributed by atoms with Crippen LogP contribution in [0.25, 0.3) is 0 Å². The summed E-state index contributed by atoms with van der Waals surface area (Å²) >= 11 is 0. The van der Waals surface area contributed by atoms with Gasteiger partial charge in [-0.15, -0.1) is 0 Å². The van der Waals surface area contributed by atoms with E-state index in [1.807, 2.05) is 0 Å². The van der Waals surface area contributed by atoms with Gasteiger partial charge >= 0.3 is 0 Å². The van der Waals surface area contributed by atoms with Gasteiger partial charge < -0.3 is 14.8 Å². The number of anilines is 1. The van der Waals surface area contributed by atoms with E-state index in [2.05, 4.69) is 5.32 Å². The predicted molar refractivity (Wildman–Crippen MR) is 58.9 cm³/mol. The lowest BCUT2D eigenvalue weighted by Crippen LogP contribution is -2.19. The Morgan fingerprint density at radius 2 is 1.75 bits per heavy atom. The number of hydrogen-bond acceptors (Lipinski definition) is 4. The number of amides is 1. The van der Waals surface area contributed by atoms with Crippen LogP contribution in [0, 0.1) is 0 Å². The maximum absolute atomic E-state index is 11.1. The topological polar surface area (TPSA) is 64.6 Å². The van der Waals surface area contributed by atoms with Crippen LogP contribution < -0.4 is 14.8 Å². The monoisotopic (exact) mass is 223 g/mol. The van der Waals surface area contributed by atoms with E-state index in [0.29, 0.717) is 17.2 Å². The van der Waals surface area contributed by atoms with Crippen LogP contribution in [0.15, 0.2) is 18.2 Å². The zero-order valence-corrected chi connectivity index (χ0v) is 9.37. The normalized spacial score (nSPS) is 9.44. The lowest BCUT2D eigenvalue weighted by Gasteiger charge is -2.09. The van der Waals surface area contributed by atoms with E-state index in [0.717, 1.165) is 0 Å². The van der Waals surface area contributed by atoms with E-state index in [9.17, 15) is 9.59 Å². The zero-order chi connectivity index (χ0) is 12.1. The summed E-state index contributed by atoms with van der Waals surface area (Å²) in [4.78, 5) is 21.9. The van der Waals surface area contributed by atoms with Crippen molar-refractivity contribution in [2.75, 3.05) is 19.5 Å². The fraction of sp³-hybridized carbons (Fsp3) is 0.273. The van der Waals surface area contributed by atoms with E-state index in [1.165, 1.54) is 21.1 Å². The molecule has 0 aliphatic heterocycles. The molecule has 0 unspecified atom stereocenters. The first-order valence-electron chi connectivity index (χ1n) is 4.62. The summed E-state index contributed by atoms with van der Waals surface area (Å²) in [5.41, 5.74) is 0.484. The molecule has 16 heavy (non-hydrogen) atoms. The van der Waals surface area contributed by atoms with Gasteiger partial charge in [-0.25, -0.2) is 0 Å². The highest BCUT2D eigenvalue weighted by atomic mass is 16.5. The third-order valence-corrected chi connectivity index (χ3v) is 1.96. The van der Waals surface area contributed by atoms with Gasteiger partial charge in [0.1, 0.15) is 0 Å². The molecule has 0 saturated heterocycles. The molecule has 0 fully saturated rings. The van der Waals surface area contributed by atoms with Gasteiger partial charge in [-0.2, -0.15) is 0 Å². The Morgan fingerprint density at radius 3 is 2.25 bits per heavy atom. The van der Waals surface area contributed by atoms with Gasteiger partial charge in [-0.05, 0) is 12.1 Å². The molecule has 0 aromatic heterocycles. The number of Topliss-reactive ketones (excluding diaryl/α,β-unsaturated/α-hetero) is 1. The van der Waals surface area contributed by atoms with E-state index < -0.39 is 11.7 Å². The fourth-order valence-electron chi connectivity index (χ4n) is 1.13. The Labute approximate surface area is 93.4 Å². The molecule has 0 heterocycles. The van der Waals surface area contributed by atoms with Crippen molar-refractivity contribution in [2.45, 2.75) is 6.92 Å². The van der Waals surface area contributed by atoms with Crippen LogP contribution in [0.4, 0.5) is 5.69 Å². The number of carbonyl (C=O) groups is 2. The van der Waals surface area contributed by atoms with E-state index in [-0.39, 0.29) is 0 Å². The third-order valence-electron chi connectivity index (χ3n) is 1.96. The Kier molecular flexibility index (Phi) is 3.88. The van der Waals surface area contributed by atoms with Crippen LogP contribution in [0.3, 0.4) is 0 Å². The molecule has 0 aliphatic rings. The third kappa shape index (κ3) is 2.73. The van der Waals surface area contributed by atoms with Crippen LogP contribution in [0.2, 0.25) is 0 Å². The molecule has 86 valence electrons. The Balaban J connectivity index is 2.91. The largest absolute Gasteiger partial charge is 0.493 e. The molecule has 5 nitrogen and oxygen atoms in total. The Hall–Kier alpha value is -2.04. The lowest BCUT2D eigenvalue weighted by molar-refractivity contribution is -0.133. The average Bonchev–Trinajstić information content (AvgIpc) is 2.28. The highest BCUT2D eigenvalue weighted by Crippen LogP contribution is 2.29.